The van der Waals surface area contributed by atoms with Gasteiger partial charge in [0.05, 0.1) is 18.9 Å². The summed E-state index contributed by atoms with van der Waals surface area (Å²) in [6, 6.07) is 10.0. The molecule has 3 aromatic rings. The number of nitrogens with zero attached hydrogens (tertiary/aromatic N) is 4. The van der Waals surface area contributed by atoms with Crippen LogP contribution >= 0.6 is 0 Å². The van der Waals surface area contributed by atoms with Gasteiger partial charge in [-0.1, -0.05) is 12.6 Å². The van der Waals surface area contributed by atoms with E-state index in [-0.39, 0.29) is 17.3 Å². The zero-order chi connectivity index (χ0) is 20.8. The molecule has 2 aromatic heterocycles. The van der Waals surface area contributed by atoms with E-state index < -0.39 is 5.91 Å². The average molecular weight is 388 g/mol. The third kappa shape index (κ3) is 4.45. The van der Waals surface area contributed by atoms with Gasteiger partial charge in [-0.2, -0.15) is 5.26 Å². The van der Waals surface area contributed by atoms with Crippen molar-refractivity contribution in [3.05, 3.63) is 61.2 Å². The summed E-state index contributed by atoms with van der Waals surface area (Å²) in [5, 5.41) is 11.3. The lowest BCUT2D eigenvalue weighted by Gasteiger charge is -2.13. The Morgan fingerprint density at radius 3 is 2.83 bits per heavy atom. The first kappa shape index (κ1) is 19.3. The highest BCUT2D eigenvalue weighted by Crippen LogP contribution is 2.36. The largest absolute Gasteiger partial charge is 0.495 e. The maximum absolute atomic E-state index is 11.8. The molecule has 0 fully saturated rings. The minimum atomic E-state index is -0.598. The summed E-state index contributed by atoms with van der Waals surface area (Å²) >= 11 is 0. The van der Waals surface area contributed by atoms with Crippen LogP contribution in [0.2, 0.25) is 0 Å². The van der Waals surface area contributed by atoms with Crippen molar-refractivity contribution in [2.75, 3.05) is 18.2 Å². The van der Waals surface area contributed by atoms with E-state index in [9.17, 15) is 4.79 Å². The van der Waals surface area contributed by atoms with Crippen LogP contribution in [0.1, 0.15) is 0 Å². The molecule has 29 heavy (non-hydrogen) atoms. The molecule has 0 unspecified atom stereocenters. The summed E-state index contributed by atoms with van der Waals surface area (Å²) in [4.78, 5) is 24.1. The molecule has 0 bridgehead atoms. The van der Waals surface area contributed by atoms with Gasteiger partial charge in [0.15, 0.2) is 0 Å². The average Bonchev–Trinajstić information content (AvgIpc) is 2.73. The second-order valence-electron chi connectivity index (χ2n) is 5.73. The van der Waals surface area contributed by atoms with Gasteiger partial charge in [-0.05, 0) is 18.2 Å². The van der Waals surface area contributed by atoms with E-state index in [1.807, 2.05) is 0 Å². The Kier molecular flexibility index (Phi) is 5.66. The van der Waals surface area contributed by atoms with E-state index in [1.54, 1.807) is 48.8 Å². The predicted octanol–water partition coefficient (Wildman–Crippen LogP) is 2.94. The van der Waals surface area contributed by atoms with Crippen LogP contribution in [0.25, 0.3) is 11.1 Å². The van der Waals surface area contributed by atoms with E-state index in [2.05, 4.69) is 26.8 Å². The number of anilines is 2. The zero-order valence-corrected chi connectivity index (χ0v) is 15.4. The summed E-state index contributed by atoms with van der Waals surface area (Å²) in [5.74, 6) is 0.746. The second-order valence-corrected chi connectivity index (χ2v) is 5.73. The van der Waals surface area contributed by atoms with Crippen molar-refractivity contribution < 1.29 is 14.3 Å². The number of methoxy groups -OCH3 is 1. The fraction of sp³-hybridized carbons (Fsp3) is 0.0500. The van der Waals surface area contributed by atoms with Crippen molar-refractivity contribution in [2.24, 2.45) is 0 Å². The number of aromatic nitrogens is 3. The highest BCUT2D eigenvalue weighted by molar-refractivity contribution is 6.06. The van der Waals surface area contributed by atoms with Crippen molar-refractivity contribution >= 4 is 17.4 Å². The summed E-state index contributed by atoms with van der Waals surface area (Å²) < 4.78 is 11.1. The van der Waals surface area contributed by atoms with E-state index in [1.165, 1.54) is 13.4 Å². The molecule has 0 aliphatic heterocycles. The lowest BCUT2D eigenvalue weighted by Crippen LogP contribution is -2.12. The van der Waals surface area contributed by atoms with E-state index in [0.717, 1.165) is 0 Å². The van der Waals surface area contributed by atoms with Crippen molar-refractivity contribution in [2.45, 2.75) is 0 Å². The van der Waals surface area contributed by atoms with Gasteiger partial charge in [0.1, 0.15) is 35.3 Å². The van der Waals surface area contributed by atoms with Gasteiger partial charge >= 0.3 is 0 Å². The number of nitrogens with two attached hydrogens (primary N) is 1. The van der Waals surface area contributed by atoms with Crippen LogP contribution in [0.4, 0.5) is 11.5 Å². The highest BCUT2D eigenvalue weighted by atomic mass is 16.5. The summed E-state index contributed by atoms with van der Waals surface area (Å²) in [6.45, 7) is 3.38. The Hall–Kier alpha value is -4.45. The fourth-order valence-electron chi connectivity index (χ4n) is 2.40. The van der Waals surface area contributed by atoms with E-state index in [4.69, 9.17) is 20.5 Å². The molecule has 1 amide bonds. The first-order valence-corrected chi connectivity index (χ1v) is 8.30. The van der Waals surface area contributed by atoms with Crippen LogP contribution in [0, 0.1) is 11.3 Å². The zero-order valence-electron chi connectivity index (χ0n) is 15.4. The fourth-order valence-corrected chi connectivity index (χ4v) is 2.40. The molecule has 2 heterocycles. The molecule has 3 rings (SSSR count). The van der Waals surface area contributed by atoms with Crippen LogP contribution in [-0.4, -0.2) is 28.0 Å². The molecular weight excluding hydrogens is 372 g/mol. The number of nitrogens with one attached hydrogen (secondary N) is 1. The van der Waals surface area contributed by atoms with E-state index >= 15 is 0 Å². The Balaban J connectivity index is 1.93. The topological polar surface area (TPSA) is 136 Å². The number of pyridine rings is 1. The molecule has 0 atom stereocenters. The Morgan fingerprint density at radius 1 is 1.24 bits per heavy atom. The Bertz CT molecular complexity index is 1120. The molecular formula is C20H16N6O3. The molecule has 0 saturated carbocycles. The number of nitrogen functional groups attached to an aromatic ring is 1. The van der Waals surface area contributed by atoms with Crippen LogP contribution < -0.4 is 20.5 Å². The monoisotopic (exact) mass is 388 g/mol. The summed E-state index contributed by atoms with van der Waals surface area (Å²) in [7, 11) is 1.53. The number of nitriles is 1. The molecule has 0 aliphatic rings. The SMILES string of the molecule is C=C(C#N)C(=O)Nc1cccc(Oc2ncnc(N)c2-c2cncc(OC)c2)c1. The van der Waals surface area contributed by atoms with Gasteiger partial charge in [0.25, 0.3) is 5.91 Å². The molecule has 0 aliphatic carbocycles. The number of hydrogen-bond donors (Lipinski definition) is 2. The number of benzene rings is 1. The normalized spacial score (nSPS) is 9.93. The summed E-state index contributed by atoms with van der Waals surface area (Å²) in [5.41, 5.74) is 7.34. The van der Waals surface area contributed by atoms with Crippen LogP contribution in [0.15, 0.2) is 61.2 Å². The quantitative estimate of drug-likeness (QED) is 0.486. The second kappa shape index (κ2) is 8.49. The van der Waals surface area contributed by atoms with E-state index in [0.29, 0.717) is 28.3 Å². The minimum absolute atomic E-state index is 0.201. The molecule has 0 spiro atoms. The number of amides is 1. The first-order valence-electron chi connectivity index (χ1n) is 8.30. The summed E-state index contributed by atoms with van der Waals surface area (Å²) in [6.07, 6.45) is 4.43. The van der Waals surface area contributed by atoms with Crippen molar-refractivity contribution in [1.29, 1.82) is 5.26 Å². The standard InChI is InChI=1S/C20H16N6O3/c1-12(8-21)19(27)26-14-4-3-5-15(7-14)29-20-17(18(22)24-11-25-20)13-6-16(28-2)10-23-9-13/h3-7,9-11H,1H2,2H3,(H,26,27)(H2,22,24,25). The lowest BCUT2D eigenvalue weighted by molar-refractivity contribution is -0.112. The Labute approximate surface area is 166 Å². The van der Waals surface area contributed by atoms with Gasteiger partial charge in [-0.15, -0.1) is 0 Å². The van der Waals surface area contributed by atoms with Gasteiger partial charge in [-0.3, -0.25) is 9.78 Å². The maximum atomic E-state index is 11.8. The smallest absolute Gasteiger partial charge is 0.265 e. The number of carbonyl (C=O) groups is 1. The van der Waals surface area contributed by atoms with Crippen LogP contribution in [0.5, 0.6) is 17.4 Å². The molecule has 144 valence electrons. The highest BCUT2D eigenvalue weighted by Gasteiger charge is 2.16. The first-order chi connectivity index (χ1) is 14.0. The predicted molar refractivity (Wildman–Crippen MR) is 106 cm³/mol. The molecule has 9 heteroatoms. The number of rotatable bonds is 6. The van der Waals surface area contributed by atoms with Crippen molar-refractivity contribution in [3.63, 3.8) is 0 Å². The lowest BCUT2D eigenvalue weighted by atomic mass is 10.1. The molecule has 9 nitrogen and oxygen atoms in total. The van der Waals surface area contributed by atoms with Crippen molar-refractivity contribution in [1.82, 2.24) is 15.0 Å². The van der Waals surface area contributed by atoms with Crippen LogP contribution in [0.3, 0.4) is 0 Å². The van der Waals surface area contributed by atoms with Gasteiger partial charge in [-0.25, -0.2) is 9.97 Å². The maximum Gasteiger partial charge on any atom is 0.265 e. The number of hydrogen-bond acceptors (Lipinski definition) is 8. The third-order valence-electron chi connectivity index (χ3n) is 3.79. The molecule has 3 N–H and O–H groups in total. The van der Waals surface area contributed by atoms with Gasteiger partial charge in [0, 0.05) is 23.5 Å². The van der Waals surface area contributed by atoms with Gasteiger partial charge in [0.2, 0.25) is 5.88 Å². The van der Waals surface area contributed by atoms with Gasteiger partial charge < -0.3 is 20.5 Å². The molecule has 0 radical (unpaired) electrons. The molecule has 1 aromatic carbocycles. The number of ether oxygens (including phenoxy) is 2. The van der Waals surface area contributed by atoms with Crippen LogP contribution in [-0.2, 0) is 4.79 Å². The Morgan fingerprint density at radius 2 is 2.07 bits per heavy atom. The minimum Gasteiger partial charge on any atom is -0.495 e. The molecule has 0 saturated heterocycles. The third-order valence-corrected chi connectivity index (χ3v) is 3.79. The van der Waals surface area contributed by atoms with Crippen molar-refractivity contribution in [3.8, 4) is 34.6 Å². The number of carbonyl (C=O) groups excluding carboxylic acids is 1.